The standard InChI is InChI=1S/C21H22N4O3/c1-14(20(22)26)23-21(27)18-13-25(12-15-7-4-3-5-8-15)24-19(18)16-9-6-10-17(11-16)28-2/h3-11,13-14H,12H2,1-2H3,(H2,22,26)(H,23,27). The van der Waals surface area contributed by atoms with Gasteiger partial charge in [0, 0.05) is 11.8 Å². The number of hydrogen-bond acceptors (Lipinski definition) is 4. The second-order valence-electron chi connectivity index (χ2n) is 6.40. The summed E-state index contributed by atoms with van der Waals surface area (Å²) < 4.78 is 6.98. The molecule has 0 saturated carbocycles. The molecule has 0 aliphatic rings. The molecule has 1 unspecified atom stereocenters. The van der Waals surface area contributed by atoms with Crippen molar-refractivity contribution in [2.45, 2.75) is 19.5 Å². The highest BCUT2D eigenvalue weighted by atomic mass is 16.5. The predicted molar refractivity (Wildman–Crippen MR) is 106 cm³/mol. The van der Waals surface area contributed by atoms with Gasteiger partial charge in [-0.3, -0.25) is 14.3 Å². The summed E-state index contributed by atoms with van der Waals surface area (Å²) in [7, 11) is 1.58. The van der Waals surface area contributed by atoms with Gasteiger partial charge in [0.1, 0.15) is 17.5 Å². The first-order chi connectivity index (χ1) is 13.5. The maximum atomic E-state index is 12.8. The summed E-state index contributed by atoms with van der Waals surface area (Å²) in [5.74, 6) is -0.358. The fourth-order valence-corrected chi connectivity index (χ4v) is 2.77. The molecule has 0 aliphatic carbocycles. The van der Waals surface area contributed by atoms with E-state index in [0.29, 0.717) is 23.6 Å². The highest BCUT2D eigenvalue weighted by molar-refractivity contribution is 6.01. The van der Waals surface area contributed by atoms with Crippen molar-refractivity contribution in [3.05, 3.63) is 71.9 Å². The van der Waals surface area contributed by atoms with Gasteiger partial charge in [0.05, 0.1) is 19.2 Å². The number of nitrogens with one attached hydrogen (secondary N) is 1. The molecule has 3 N–H and O–H groups in total. The molecule has 1 heterocycles. The lowest BCUT2D eigenvalue weighted by molar-refractivity contribution is -0.119. The summed E-state index contributed by atoms with van der Waals surface area (Å²) in [6, 6.07) is 16.3. The van der Waals surface area contributed by atoms with Gasteiger partial charge in [-0.2, -0.15) is 5.10 Å². The molecule has 3 aromatic rings. The average Bonchev–Trinajstić information content (AvgIpc) is 3.12. The number of hydrogen-bond donors (Lipinski definition) is 2. The monoisotopic (exact) mass is 378 g/mol. The predicted octanol–water partition coefficient (Wildman–Crippen LogP) is 2.21. The zero-order valence-electron chi connectivity index (χ0n) is 15.8. The molecular formula is C21H22N4O3. The van der Waals surface area contributed by atoms with Crippen molar-refractivity contribution in [2.75, 3.05) is 7.11 Å². The summed E-state index contributed by atoms with van der Waals surface area (Å²) >= 11 is 0. The molecule has 0 radical (unpaired) electrons. The number of benzene rings is 2. The van der Waals surface area contributed by atoms with Crippen molar-refractivity contribution in [1.29, 1.82) is 0 Å². The normalized spacial score (nSPS) is 11.6. The van der Waals surface area contributed by atoms with Gasteiger partial charge < -0.3 is 15.8 Å². The van der Waals surface area contributed by atoms with Gasteiger partial charge >= 0.3 is 0 Å². The Balaban J connectivity index is 1.99. The summed E-state index contributed by atoms with van der Waals surface area (Å²) in [5, 5.41) is 7.22. The van der Waals surface area contributed by atoms with E-state index in [1.807, 2.05) is 54.6 Å². The van der Waals surface area contributed by atoms with Gasteiger partial charge in [0.2, 0.25) is 5.91 Å². The van der Waals surface area contributed by atoms with Crippen molar-refractivity contribution < 1.29 is 14.3 Å². The molecule has 0 fully saturated rings. The van der Waals surface area contributed by atoms with Crippen molar-refractivity contribution in [1.82, 2.24) is 15.1 Å². The number of carbonyl (C=O) groups is 2. The van der Waals surface area contributed by atoms with Gasteiger partial charge in [0.25, 0.3) is 5.91 Å². The lowest BCUT2D eigenvalue weighted by Crippen LogP contribution is -2.42. The molecule has 0 saturated heterocycles. The van der Waals surface area contributed by atoms with Crippen LogP contribution in [-0.2, 0) is 11.3 Å². The number of methoxy groups -OCH3 is 1. The van der Waals surface area contributed by atoms with Crippen LogP contribution in [0.25, 0.3) is 11.3 Å². The first-order valence-electron chi connectivity index (χ1n) is 8.84. The van der Waals surface area contributed by atoms with Crippen molar-refractivity contribution in [3.63, 3.8) is 0 Å². The third-order valence-corrected chi connectivity index (χ3v) is 4.31. The van der Waals surface area contributed by atoms with Crippen LogP contribution in [-0.4, -0.2) is 34.7 Å². The van der Waals surface area contributed by atoms with E-state index in [4.69, 9.17) is 10.5 Å². The third-order valence-electron chi connectivity index (χ3n) is 4.31. The Morgan fingerprint density at radius 3 is 2.61 bits per heavy atom. The van der Waals surface area contributed by atoms with Crippen LogP contribution in [0.15, 0.2) is 60.8 Å². The molecular weight excluding hydrogens is 356 g/mol. The van der Waals surface area contributed by atoms with Crippen molar-refractivity contribution in [2.24, 2.45) is 5.73 Å². The van der Waals surface area contributed by atoms with E-state index in [1.165, 1.54) is 0 Å². The average molecular weight is 378 g/mol. The van der Waals surface area contributed by atoms with Crippen LogP contribution >= 0.6 is 0 Å². The largest absolute Gasteiger partial charge is 0.497 e. The number of carbonyl (C=O) groups excluding carboxylic acids is 2. The van der Waals surface area contributed by atoms with Gasteiger partial charge in [0.15, 0.2) is 0 Å². The van der Waals surface area contributed by atoms with E-state index >= 15 is 0 Å². The molecule has 0 aliphatic heterocycles. The molecule has 0 bridgehead atoms. The number of ether oxygens (including phenoxy) is 1. The summed E-state index contributed by atoms with van der Waals surface area (Å²) in [6.45, 7) is 2.05. The maximum absolute atomic E-state index is 12.8. The van der Waals surface area contributed by atoms with E-state index in [1.54, 1.807) is 24.9 Å². The minimum atomic E-state index is -0.789. The zero-order valence-corrected chi connectivity index (χ0v) is 15.8. The third kappa shape index (κ3) is 4.37. The smallest absolute Gasteiger partial charge is 0.255 e. The first-order valence-corrected chi connectivity index (χ1v) is 8.84. The van der Waals surface area contributed by atoms with Crippen molar-refractivity contribution in [3.8, 4) is 17.0 Å². The number of amides is 2. The van der Waals surface area contributed by atoms with Crippen LogP contribution in [0.3, 0.4) is 0 Å². The Morgan fingerprint density at radius 1 is 1.18 bits per heavy atom. The van der Waals surface area contributed by atoms with Crippen LogP contribution in [0, 0.1) is 0 Å². The van der Waals surface area contributed by atoms with E-state index in [2.05, 4.69) is 10.4 Å². The maximum Gasteiger partial charge on any atom is 0.255 e. The molecule has 28 heavy (non-hydrogen) atoms. The van der Waals surface area contributed by atoms with E-state index in [9.17, 15) is 9.59 Å². The van der Waals surface area contributed by atoms with Crippen LogP contribution in [0.2, 0.25) is 0 Å². The number of primary amides is 1. The Kier molecular flexibility index (Phi) is 5.74. The topological polar surface area (TPSA) is 99.2 Å². The number of aromatic nitrogens is 2. The Labute approximate surface area is 163 Å². The minimum Gasteiger partial charge on any atom is -0.497 e. The Hall–Kier alpha value is -3.61. The second kappa shape index (κ2) is 8.39. The lowest BCUT2D eigenvalue weighted by atomic mass is 10.1. The SMILES string of the molecule is COc1cccc(-c2nn(Cc3ccccc3)cc2C(=O)NC(C)C(N)=O)c1. The summed E-state index contributed by atoms with van der Waals surface area (Å²) in [6.07, 6.45) is 1.67. The number of nitrogens with two attached hydrogens (primary N) is 1. The minimum absolute atomic E-state index is 0.359. The van der Waals surface area contributed by atoms with Crippen LogP contribution < -0.4 is 15.8 Å². The molecule has 144 valence electrons. The number of rotatable bonds is 7. The van der Waals surface area contributed by atoms with Gasteiger partial charge in [-0.25, -0.2) is 0 Å². The molecule has 2 amide bonds. The van der Waals surface area contributed by atoms with Gasteiger partial charge in [-0.1, -0.05) is 42.5 Å². The van der Waals surface area contributed by atoms with Gasteiger partial charge in [-0.05, 0) is 24.6 Å². The summed E-state index contributed by atoms with van der Waals surface area (Å²) in [4.78, 5) is 24.1. The summed E-state index contributed by atoms with van der Waals surface area (Å²) in [5.41, 5.74) is 7.92. The van der Waals surface area contributed by atoms with Crippen LogP contribution in [0.4, 0.5) is 0 Å². The zero-order chi connectivity index (χ0) is 20.1. The quantitative estimate of drug-likeness (QED) is 0.658. The molecule has 1 atom stereocenters. The molecule has 2 aromatic carbocycles. The molecule has 7 nitrogen and oxygen atoms in total. The molecule has 7 heteroatoms. The Bertz CT molecular complexity index is 982. The van der Waals surface area contributed by atoms with Gasteiger partial charge in [-0.15, -0.1) is 0 Å². The van der Waals surface area contributed by atoms with E-state index in [-0.39, 0.29) is 0 Å². The molecule has 0 spiro atoms. The highest BCUT2D eigenvalue weighted by Crippen LogP contribution is 2.26. The highest BCUT2D eigenvalue weighted by Gasteiger charge is 2.21. The van der Waals surface area contributed by atoms with E-state index < -0.39 is 17.9 Å². The Morgan fingerprint density at radius 2 is 1.93 bits per heavy atom. The molecule has 3 rings (SSSR count). The fourth-order valence-electron chi connectivity index (χ4n) is 2.77. The fraction of sp³-hybridized carbons (Fsp3) is 0.190. The number of nitrogens with zero attached hydrogens (tertiary/aromatic N) is 2. The first kappa shape index (κ1) is 19.2. The van der Waals surface area contributed by atoms with E-state index in [0.717, 1.165) is 11.1 Å². The van der Waals surface area contributed by atoms with Crippen LogP contribution in [0.1, 0.15) is 22.8 Å². The van der Waals surface area contributed by atoms with Crippen LogP contribution in [0.5, 0.6) is 5.75 Å². The lowest BCUT2D eigenvalue weighted by Gasteiger charge is -2.10. The molecule has 1 aromatic heterocycles. The van der Waals surface area contributed by atoms with Crippen molar-refractivity contribution >= 4 is 11.8 Å². The second-order valence-corrected chi connectivity index (χ2v) is 6.40.